The van der Waals surface area contributed by atoms with Crippen LogP contribution in [0.5, 0.6) is 0 Å². The van der Waals surface area contributed by atoms with E-state index in [4.69, 9.17) is 5.73 Å². The summed E-state index contributed by atoms with van der Waals surface area (Å²) in [7, 11) is 0. The molecule has 6 heteroatoms. The van der Waals surface area contributed by atoms with Gasteiger partial charge < -0.3 is 10.8 Å². The van der Waals surface area contributed by atoms with Crippen molar-refractivity contribution in [1.29, 1.82) is 0 Å². The quantitative estimate of drug-likeness (QED) is 0.682. The Balaban J connectivity index is 1.83. The first-order chi connectivity index (χ1) is 13.4. The highest BCUT2D eigenvalue weighted by molar-refractivity contribution is 6.07. The van der Waals surface area contributed by atoms with Crippen LogP contribution in [-0.4, -0.2) is 16.1 Å². The van der Waals surface area contributed by atoms with Gasteiger partial charge in [0.05, 0.1) is 16.8 Å². The highest BCUT2D eigenvalue weighted by Crippen LogP contribution is 2.41. The normalized spacial score (nSPS) is 18.9. The molecule has 1 unspecified atom stereocenters. The molecule has 0 bridgehead atoms. The molecule has 0 spiro atoms. The molecule has 0 aliphatic heterocycles. The third-order valence-corrected chi connectivity index (χ3v) is 4.85. The minimum Gasteiger partial charge on any atom is -0.478 e. The maximum absolute atomic E-state index is 15.8. The zero-order chi connectivity index (χ0) is 19.9. The van der Waals surface area contributed by atoms with Gasteiger partial charge in [0.1, 0.15) is 11.5 Å². The van der Waals surface area contributed by atoms with Gasteiger partial charge in [-0.3, -0.25) is 0 Å². The number of carboxylic acids is 1. The number of nitrogens with two attached hydrogens (primary N) is 1. The fraction of sp³-hybridized carbons (Fsp3) is 0.0909. The molecule has 0 fully saturated rings. The van der Waals surface area contributed by atoms with E-state index in [1.54, 1.807) is 12.2 Å². The molecule has 4 rings (SSSR count). The zero-order valence-electron chi connectivity index (χ0n) is 14.7. The van der Waals surface area contributed by atoms with E-state index in [1.807, 2.05) is 30.3 Å². The van der Waals surface area contributed by atoms with Crippen LogP contribution in [0.15, 0.2) is 66.8 Å². The number of carbonyl (C=O) groups is 1. The van der Waals surface area contributed by atoms with Gasteiger partial charge in [0, 0.05) is 11.8 Å². The van der Waals surface area contributed by atoms with Crippen molar-refractivity contribution < 1.29 is 18.7 Å². The number of aromatic carboxylic acids is 1. The van der Waals surface area contributed by atoms with E-state index >= 15 is 4.39 Å². The number of hydrogen-bond acceptors (Lipinski definition) is 3. The molecule has 0 saturated heterocycles. The molecule has 2 aromatic carbocycles. The minimum atomic E-state index is -2.06. The SMILES string of the molecule is Nc1c(C2(F)C=CC(c3ccccc3)=CC2)nc2ccc(F)cc2c1C(=O)O. The summed E-state index contributed by atoms with van der Waals surface area (Å²) in [5.41, 5.74) is 5.10. The van der Waals surface area contributed by atoms with Crippen molar-refractivity contribution in [1.82, 2.24) is 4.98 Å². The molecule has 3 N–H and O–H groups in total. The van der Waals surface area contributed by atoms with Crippen molar-refractivity contribution in [2.24, 2.45) is 0 Å². The summed E-state index contributed by atoms with van der Waals surface area (Å²) in [5, 5.41) is 9.61. The van der Waals surface area contributed by atoms with Crippen molar-refractivity contribution >= 4 is 28.1 Å². The lowest BCUT2D eigenvalue weighted by Gasteiger charge is -2.26. The summed E-state index contributed by atoms with van der Waals surface area (Å²) in [6.45, 7) is 0. The first-order valence-corrected chi connectivity index (χ1v) is 8.65. The van der Waals surface area contributed by atoms with Crippen molar-refractivity contribution in [2.75, 3.05) is 5.73 Å². The molecular formula is C22H16F2N2O2. The van der Waals surface area contributed by atoms with E-state index in [2.05, 4.69) is 4.98 Å². The number of pyridine rings is 1. The highest BCUT2D eigenvalue weighted by atomic mass is 19.1. The van der Waals surface area contributed by atoms with Crippen molar-refractivity contribution in [2.45, 2.75) is 12.1 Å². The first kappa shape index (κ1) is 17.9. The lowest BCUT2D eigenvalue weighted by Crippen LogP contribution is -2.24. The van der Waals surface area contributed by atoms with Crippen LogP contribution in [0.2, 0.25) is 0 Å². The molecular weight excluding hydrogens is 362 g/mol. The van der Waals surface area contributed by atoms with E-state index in [-0.39, 0.29) is 34.3 Å². The van der Waals surface area contributed by atoms with Crippen molar-refractivity contribution in [3.05, 3.63) is 89.4 Å². The summed E-state index contributed by atoms with van der Waals surface area (Å²) in [5.74, 6) is -1.98. The topological polar surface area (TPSA) is 76.2 Å². The number of aromatic nitrogens is 1. The number of benzene rings is 2. The predicted molar refractivity (Wildman–Crippen MR) is 104 cm³/mol. The van der Waals surface area contributed by atoms with Gasteiger partial charge in [-0.25, -0.2) is 18.6 Å². The Labute approximate surface area is 159 Å². The fourth-order valence-electron chi connectivity index (χ4n) is 3.43. The third kappa shape index (κ3) is 2.93. The number of nitrogen functional groups attached to an aromatic ring is 1. The summed E-state index contributed by atoms with van der Waals surface area (Å²) < 4.78 is 29.4. The summed E-state index contributed by atoms with van der Waals surface area (Å²) in [6, 6.07) is 13.0. The lowest BCUT2D eigenvalue weighted by atomic mass is 9.86. The van der Waals surface area contributed by atoms with Crippen LogP contribution in [0, 0.1) is 5.82 Å². The van der Waals surface area contributed by atoms with Crippen LogP contribution in [-0.2, 0) is 5.67 Å². The zero-order valence-corrected chi connectivity index (χ0v) is 14.7. The van der Waals surface area contributed by atoms with E-state index in [0.717, 1.165) is 23.3 Å². The number of hydrogen-bond donors (Lipinski definition) is 2. The average molecular weight is 378 g/mol. The Morgan fingerprint density at radius 2 is 1.93 bits per heavy atom. The number of anilines is 1. The lowest BCUT2D eigenvalue weighted by molar-refractivity contribution is 0.0700. The second-order valence-electron chi connectivity index (χ2n) is 6.64. The van der Waals surface area contributed by atoms with Crippen LogP contribution >= 0.6 is 0 Å². The molecule has 1 atom stereocenters. The van der Waals surface area contributed by atoms with Gasteiger partial charge in [-0.1, -0.05) is 42.5 Å². The second-order valence-corrected chi connectivity index (χ2v) is 6.64. The summed E-state index contributed by atoms with van der Waals surface area (Å²) in [6.07, 6.45) is 4.66. The van der Waals surface area contributed by atoms with Gasteiger partial charge >= 0.3 is 5.97 Å². The van der Waals surface area contributed by atoms with E-state index in [9.17, 15) is 14.3 Å². The Morgan fingerprint density at radius 1 is 1.18 bits per heavy atom. The van der Waals surface area contributed by atoms with Gasteiger partial charge in [-0.2, -0.15) is 0 Å². The van der Waals surface area contributed by atoms with Gasteiger partial charge in [-0.05, 0) is 35.4 Å². The smallest absolute Gasteiger partial charge is 0.338 e. The first-order valence-electron chi connectivity index (χ1n) is 8.65. The maximum Gasteiger partial charge on any atom is 0.338 e. The maximum atomic E-state index is 15.8. The van der Waals surface area contributed by atoms with Crippen LogP contribution in [0.1, 0.15) is 28.0 Å². The molecule has 1 aliphatic carbocycles. The standard InChI is InChI=1S/C22H16F2N2O2/c23-15-6-7-17-16(12-15)18(21(27)28)19(25)20(26-17)22(24)10-8-14(9-11-22)13-4-2-1-3-5-13/h1-10,12H,11,25H2,(H,27,28). The van der Waals surface area contributed by atoms with E-state index in [0.29, 0.717) is 0 Å². The highest BCUT2D eigenvalue weighted by Gasteiger charge is 2.36. The predicted octanol–water partition coefficient (Wildman–Crippen LogP) is 4.86. The molecule has 1 aromatic heterocycles. The Hall–Kier alpha value is -3.54. The molecule has 1 heterocycles. The van der Waals surface area contributed by atoms with Crippen LogP contribution in [0.3, 0.4) is 0 Å². The van der Waals surface area contributed by atoms with Gasteiger partial charge in [0.15, 0.2) is 5.67 Å². The average Bonchev–Trinajstić information content (AvgIpc) is 2.68. The molecule has 28 heavy (non-hydrogen) atoms. The molecule has 0 saturated carbocycles. The van der Waals surface area contributed by atoms with Crippen LogP contribution in [0.25, 0.3) is 16.5 Å². The second kappa shape index (κ2) is 6.56. The Kier molecular flexibility index (Phi) is 4.19. The summed E-state index contributed by atoms with van der Waals surface area (Å²) >= 11 is 0. The summed E-state index contributed by atoms with van der Waals surface area (Å²) in [4.78, 5) is 16.0. The molecule has 0 amide bonds. The van der Waals surface area contributed by atoms with Gasteiger partial charge in [-0.15, -0.1) is 0 Å². The number of carboxylic acid groups (broad SMARTS) is 1. The van der Waals surface area contributed by atoms with Gasteiger partial charge in [0.25, 0.3) is 0 Å². The number of allylic oxidation sites excluding steroid dienone is 4. The molecule has 140 valence electrons. The van der Waals surface area contributed by atoms with Crippen LogP contribution in [0.4, 0.5) is 14.5 Å². The van der Waals surface area contributed by atoms with E-state index < -0.39 is 17.5 Å². The molecule has 1 aliphatic rings. The van der Waals surface area contributed by atoms with Crippen LogP contribution < -0.4 is 5.73 Å². The van der Waals surface area contributed by atoms with Crippen molar-refractivity contribution in [3.8, 4) is 0 Å². The molecule has 0 radical (unpaired) electrons. The van der Waals surface area contributed by atoms with Gasteiger partial charge in [0.2, 0.25) is 0 Å². The number of nitrogens with zero attached hydrogens (tertiary/aromatic N) is 1. The third-order valence-electron chi connectivity index (χ3n) is 4.85. The Bertz CT molecular complexity index is 1160. The number of rotatable bonds is 3. The monoisotopic (exact) mass is 378 g/mol. The largest absolute Gasteiger partial charge is 0.478 e. The number of fused-ring (bicyclic) bond motifs is 1. The van der Waals surface area contributed by atoms with E-state index in [1.165, 1.54) is 12.1 Å². The fourth-order valence-corrected chi connectivity index (χ4v) is 3.43. The number of halogens is 2. The minimum absolute atomic E-state index is 0.0395. The Morgan fingerprint density at radius 3 is 2.57 bits per heavy atom. The molecule has 4 nitrogen and oxygen atoms in total. The van der Waals surface area contributed by atoms with Crippen molar-refractivity contribution in [3.63, 3.8) is 0 Å². The molecule has 3 aromatic rings. The number of alkyl halides is 1.